The van der Waals surface area contributed by atoms with Crippen LogP contribution in [0.3, 0.4) is 0 Å². The van der Waals surface area contributed by atoms with Crippen LogP contribution in [0, 0.1) is 0 Å². The molecule has 0 aliphatic rings. The Bertz CT molecular complexity index is 1530. The van der Waals surface area contributed by atoms with Gasteiger partial charge in [0.2, 0.25) is 0 Å². The molecule has 3 heteroatoms. The highest BCUT2D eigenvalue weighted by molar-refractivity contribution is 6.31. The molecule has 0 bridgehead atoms. The van der Waals surface area contributed by atoms with Crippen LogP contribution < -0.4 is 0 Å². The minimum Gasteiger partial charge on any atom is -0.252 e. The van der Waals surface area contributed by atoms with Crippen molar-refractivity contribution in [1.29, 1.82) is 0 Å². The monoisotopic (exact) mass is 390 g/mol. The lowest BCUT2D eigenvalue weighted by Gasteiger charge is -2.10. The number of aromatic nitrogens is 2. The number of hydrogen-bond donors (Lipinski definition) is 0. The first-order valence-electron chi connectivity index (χ1n) is 9.54. The standard InChI is InChI=1S/C26H15ClN2/c27-19-12-11-16-13-18(10-9-17(16)14-19)24-15-28-25-22-7-3-1-5-20(22)21-6-2-4-8-23(21)26(25)29-24/h1-15H. The zero-order chi connectivity index (χ0) is 19.4. The molecule has 0 fully saturated rings. The molecule has 0 atom stereocenters. The van der Waals surface area contributed by atoms with E-state index in [0.717, 1.165) is 48.9 Å². The molecular weight excluding hydrogens is 376 g/mol. The Morgan fingerprint density at radius 2 is 1.21 bits per heavy atom. The molecule has 2 nitrogen and oxygen atoms in total. The molecule has 6 rings (SSSR count). The van der Waals surface area contributed by atoms with Gasteiger partial charge < -0.3 is 0 Å². The van der Waals surface area contributed by atoms with Crippen molar-refractivity contribution in [2.75, 3.05) is 0 Å². The summed E-state index contributed by atoms with van der Waals surface area (Å²) in [6.07, 6.45) is 1.88. The number of benzene rings is 5. The summed E-state index contributed by atoms with van der Waals surface area (Å²) in [5, 5.41) is 7.67. The lowest BCUT2D eigenvalue weighted by atomic mass is 9.99. The Hall–Kier alpha value is -3.49. The molecule has 0 aliphatic heterocycles. The predicted molar refractivity (Wildman–Crippen MR) is 123 cm³/mol. The van der Waals surface area contributed by atoms with Crippen LogP contribution in [0.4, 0.5) is 0 Å². The maximum atomic E-state index is 6.12. The van der Waals surface area contributed by atoms with Gasteiger partial charge in [0.15, 0.2) is 0 Å². The summed E-state index contributed by atoms with van der Waals surface area (Å²) >= 11 is 6.12. The van der Waals surface area contributed by atoms with Crippen LogP contribution in [0.1, 0.15) is 0 Å². The molecule has 0 amide bonds. The Morgan fingerprint density at radius 3 is 1.97 bits per heavy atom. The molecule has 0 saturated heterocycles. The van der Waals surface area contributed by atoms with Gasteiger partial charge in [-0.1, -0.05) is 78.3 Å². The Balaban J connectivity index is 1.66. The van der Waals surface area contributed by atoms with Gasteiger partial charge in [0.25, 0.3) is 0 Å². The summed E-state index contributed by atoms with van der Waals surface area (Å²) in [7, 11) is 0. The van der Waals surface area contributed by atoms with E-state index in [4.69, 9.17) is 21.6 Å². The number of fused-ring (bicyclic) bond motifs is 7. The van der Waals surface area contributed by atoms with Crippen molar-refractivity contribution in [2.24, 2.45) is 0 Å². The van der Waals surface area contributed by atoms with Crippen LogP contribution in [0.15, 0.2) is 91.1 Å². The topological polar surface area (TPSA) is 25.8 Å². The molecule has 6 aromatic rings. The van der Waals surface area contributed by atoms with Crippen LogP contribution in [0.25, 0.3) is 54.6 Å². The minimum atomic E-state index is 0.745. The second-order valence-electron chi connectivity index (χ2n) is 7.25. The van der Waals surface area contributed by atoms with Crippen LogP contribution >= 0.6 is 11.6 Å². The molecule has 0 unspecified atom stereocenters. The van der Waals surface area contributed by atoms with Gasteiger partial charge >= 0.3 is 0 Å². The fraction of sp³-hybridized carbons (Fsp3) is 0. The van der Waals surface area contributed by atoms with E-state index in [0.29, 0.717) is 0 Å². The summed E-state index contributed by atoms with van der Waals surface area (Å²) in [4.78, 5) is 9.91. The molecule has 29 heavy (non-hydrogen) atoms. The number of rotatable bonds is 1. The van der Waals surface area contributed by atoms with E-state index in [1.165, 1.54) is 10.8 Å². The third-order valence-corrected chi connectivity index (χ3v) is 5.76. The number of halogens is 1. The molecule has 0 aliphatic carbocycles. The van der Waals surface area contributed by atoms with E-state index in [-0.39, 0.29) is 0 Å². The lowest BCUT2D eigenvalue weighted by molar-refractivity contribution is 1.31. The van der Waals surface area contributed by atoms with Gasteiger partial charge in [-0.15, -0.1) is 0 Å². The molecule has 0 spiro atoms. The van der Waals surface area contributed by atoms with E-state index in [1.54, 1.807) is 0 Å². The van der Waals surface area contributed by atoms with Crippen LogP contribution in [-0.4, -0.2) is 9.97 Å². The maximum Gasteiger partial charge on any atom is 0.0979 e. The SMILES string of the molecule is Clc1ccc2cc(-c3cnc4c5ccccc5c5ccccc5c4n3)ccc2c1. The zero-order valence-corrected chi connectivity index (χ0v) is 16.2. The highest BCUT2D eigenvalue weighted by Gasteiger charge is 2.12. The predicted octanol–water partition coefficient (Wildman–Crippen LogP) is 7.41. The van der Waals surface area contributed by atoms with Crippen LogP contribution in [0.5, 0.6) is 0 Å². The summed E-state index contributed by atoms with van der Waals surface area (Å²) in [5.74, 6) is 0. The summed E-state index contributed by atoms with van der Waals surface area (Å²) in [6, 6.07) is 29.1. The fourth-order valence-corrected chi connectivity index (χ4v) is 4.32. The molecule has 0 N–H and O–H groups in total. The van der Waals surface area contributed by atoms with Crippen molar-refractivity contribution in [2.45, 2.75) is 0 Å². The van der Waals surface area contributed by atoms with Gasteiger partial charge in [-0.3, -0.25) is 4.98 Å². The first-order chi connectivity index (χ1) is 14.3. The molecule has 1 aromatic heterocycles. The lowest BCUT2D eigenvalue weighted by Crippen LogP contribution is -1.92. The first-order valence-corrected chi connectivity index (χ1v) is 9.92. The van der Waals surface area contributed by atoms with Gasteiger partial charge in [-0.05, 0) is 39.7 Å². The third-order valence-electron chi connectivity index (χ3n) is 5.53. The second kappa shape index (κ2) is 6.26. The third kappa shape index (κ3) is 2.57. The van der Waals surface area contributed by atoms with Crippen molar-refractivity contribution in [3.63, 3.8) is 0 Å². The average Bonchev–Trinajstić information content (AvgIpc) is 2.78. The largest absolute Gasteiger partial charge is 0.252 e. The van der Waals surface area contributed by atoms with Crippen LogP contribution in [-0.2, 0) is 0 Å². The van der Waals surface area contributed by atoms with Crippen molar-refractivity contribution >= 4 is 55.0 Å². The Morgan fingerprint density at radius 1 is 0.586 bits per heavy atom. The molecule has 136 valence electrons. The van der Waals surface area contributed by atoms with Crippen molar-refractivity contribution in [3.8, 4) is 11.3 Å². The Labute approximate surface area is 172 Å². The molecule has 0 saturated carbocycles. The van der Waals surface area contributed by atoms with Gasteiger partial charge in [0, 0.05) is 21.4 Å². The highest BCUT2D eigenvalue weighted by atomic mass is 35.5. The maximum absolute atomic E-state index is 6.12. The van der Waals surface area contributed by atoms with E-state index in [2.05, 4.69) is 66.7 Å². The number of hydrogen-bond acceptors (Lipinski definition) is 2. The number of nitrogens with zero attached hydrogens (tertiary/aromatic N) is 2. The van der Waals surface area contributed by atoms with Gasteiger partial charge in [-0.2, -0.15) is 0 Å². The quantitative estimate of drug-likeness (QED) is 0.273. The van der Waals surface area contributed by atoms with E-state index < -0.39 is 0 Å². The summed E-state index contributed by atoms with van der Waals surface area (Å²) in [5.41, 5.74) is 3.80. The van der Waals surface area contributed by atoms with Gasteiger partial charge in [0.1, 0.15) is 0 Å². The van der Waals surface area contributed by atoms with Gasteiger partial charge in [0.05, 0.1) is 22.9 Å². The highest BCUT2D eigenvalue weighted by Crippen LogP contribution is 2.34. The molecule has 1 heterocycles. The van der Waals surface area contributed by atoms with Crippen LogP contribution in [0.2, 0.25) is 5.02 Å². The molecular formula is C26H15ClN2. The summed E-state index contributed by atoms with van der Waals surface area (Å²) < 4.78 is 0. The first kappa shape index (κ1) is 16.5. The second-order valence-corrected chi connectivity index (χ2v) is 7.69. The van der Waals surface area contributed by atoms with Crippen molar-refractivity contribution < 1.29 is 0 Å². The zero-order valence-electron chi connectivity index (χ0n) is 15.4. The minimum absolute atomic E-state index is 0.745. The Kier molecular flexibility index (Phi) is 3.56. The summed E-state index contributed by atoms with van der Waals surface area (Å²) in [6.45, 7) is 0. The van der Waals surface area contributed by atoms with E-state index in [9.17, 15) is 0 Å². The van der Waals surface area contributed by atoms with Crippen molar-refractivity contribution in [3.05, 3.63) is 96.1 Å². The molecule has 0 radical (unpaired) electrons. The average molecular weight is 391 g/mol. The smallest absolute Gasteiger partial charge is 0.0979 e. The molecule has 5 aromatic carbocycles. The van der Waals surface area contributed by atoms with Crippen molar-refractivity contribution in [1.82, 2.24) is 9.97 Å². The normalized spacial score (nSPS) is 11.6. The van der Waals surface area contributed by atoms with Gasteiger partial charge in [-0.25, -0.2) is 4.98 Å². The fourth-order valence-electron chi connectivity index (χ4n) is 4.14. The van der Waals surface area contributed by atoms with E-state index >= 15 is 0 Å². The van der Waals surface area contributed by atoms with E-state index in [1.807, 2.05) is 24.4 Å².